The van der Waals surface area contributed by atoms with E-state index < -0.39 is 5.60 Å². The van der Waals surface area contributed by atoms with Crippen molar-refractivity contribution in [3.05, 3.63) is 0 Å². The Balaban J connectivity index is 1.67. The fourth-order valence-corrected chi connectivity index (χ4v) is 3.09. The first-order valence-electron chi connectivity index (χ1n) is 7.81. The average molecular weight is 286 g/mol. The van der Waals surface area contributed by atoms with Crippen LogP contribution in [-0.2, 0) is 14.3 Å². The molecule has 0 aromatic carbocycles. The van der Waals surface area contributed by atoms with E-state index in [1.54, 1.807) is 0 Å². The molecule has 116 valence electrons. The summed E-state index contributed by atoms with van der Waals surface area (Å²) in [7, 11) is 2.17. The molecule has 0 bridgehead atoms. The first-order chi connectivity index (χ1) is 9.52. The van der Waals surface area contributed by atoms with Crippen LogP contribution in [0, 0.1) is 0 Å². The van der Waals surface area contributed by atoms with E-state index in [9.17, 15) is 9.90 Å². The number of aliphatic hydroxyl groups is 1. The lowest BCUT2D eigenvalue weighted by molar-refractivity contribution is -0.917. The van der Waals surface area contributed by atoms with Crippen molar-refractivity contribution < 1.29 is 23.9 Å². The van der Waals surface area contributed by atoms with Crippen LogP contribution in [-0.4, -0.2) is 67.7 Å². The van der Waals surface area contributed by atoms with Crippen LogP contribution in [0.25, 0.3) is 0 Å². The van der Waals surface area contributed by atoms with Crippen LogP contribution in [0.15, 0.2) is 0 Å². The zero-order chi connectivity index (χ0) is 14.5. The van der Waals surface area contributed by atoms with Crippen LogP contribution >= 0.6 is 0 Å². The Morgan fingerprint density at radius 2 is 1.90 bits per heavy atom. The van der Waals surface area contributed by atoms with Gasteiger partial charge in [0.15, 0.2) is 0 Å². The summed E-state index contributed by atoms with van der Waals surface area (Å²) in [4.78, 5) is 11.8. The molecule has 2 rings (SSSR count). The Labute approximate surface area is 121 Å². The van der Waals surface area contributed by atoms with Crippen LogP contribution < -0.4 is 0 Å². The molecule has 1 N–H and O–H groups in total. The van der Waals surface area contributed by atoms with E-state index in [1.165, 1.54) is 0 Å². The van der Waals surface area contributed by atoms with E-state index >= 15 is 0 Å². The van der Waals surface area contributed by atoms with Gasteiger partial charge in [0.2, 0.25) is 0 Å². The molecule has 0 spiro atoms. The summed E-state index contributed by atoms with van der Waals surface area (Å²) in [5, 5.41) is 10.3. The lowest BCUT2D eigenvalue weighted by atomic mass is 9.82. The van der Waals surface area contributed by atoms with Crippen molar-refractivity contribution >= 4 is 5.97 Å². The maximum atomic E-state index is 11.8. The number of hydrogen-bond donors (Lipinski definition) is 1. The molecule has 0 radical (unpaired) electrons. The lowest BCUT2D eigenvalue weighted by Crippen LogP contribution is -2.53. The summed E-state index contributed by atoms with van der Waals surface area (Å²) in [6.45, 7) is 4.77. The number of carbonyl (C=O) groups is 1. The molecule has 1 saturated carbocycles. The molecule has 0 atom stereocenters. The topological polar surface area (TPSA) is 55.8 Å². The van der Waals surface area contributed by atoms with Crippen LogP contribution in [0.2, 0.25) is 0 Å². The Kier molecular flexibility index (Phi) is 5.41. The van der Waals surface area contributed by atoms with Crippen LogP contribution in [0.4, 0.5) is 0 Å². The van der Waals surface area contributed by atoms with Crippen molar-refractivity contribution in [3.8, 4) is 0 Å². The molecular formula is C15H28NO4+. The summed E-state index contributed by atoms with van der Waals surface area (Å²) in [6, 6.07) is 0. The third-order valence-electron chi connectivity index (χ3n) is 4.70. The maximum absolute atomic E-state index is 11.8. The minimum atomic E-state index is -0.813. The Morgan fingerprint density at radius 3 is 2.55 bits per heavy atom. The average Bonchev–Trinajstić information content (AvgIpc) is 2.39. The minimum Gasteiger partial charge on any atom is -0.460 e. The minimum absolute atomic E-state index is 0.153. The van der Waals surface area contributed by atoms with Crippen molar-refractivity contribution in [3.63, 3.8) is 0 Å². The number of nitrogens with zero attached hydrogens (tertiary/aromatic N) is 1. The molecule has 1 heterocycles. The Hall–Kier alpha value is -0.650. The number of likely N-dealkylation sites (N-methyl/N-ethyl adjacent to an activating group) is 1. The van der Waals surface area contributed by atoms with E-state index in [4.69, 9.17) is 9.47 Å². The van der Waals surface area contributed by atoms with Crippen LogP contribution in [0.3, 0.4) is 0 Å². The largest absolute Gasteiger partial charge is 0.460 e. The molecule has 1 saturated heterocycles. The Morgan fingerprint density at radius 1 is 1.25 bits per heavy atom. The first kappa shape index (κ1) is 15.7. The highest BCUT2D eigenvalue weighted by Gasteiger charge is 2.32. The zero-order valence-corrected chi connectivity index (χ0v) is 12.6. The van der Waals surface area contributed by atoms with E-state index in [2.05, 4.69) is 7.05 Å². The smallest absolute Gasteiger partial charge is 0.308 e. The summed E-state index contributed by atoms with van der Waals surface area (Å²) in [6.07, 6.45) is 4.80. The highest BCUT2D eigenvalue weighted by atomic mass is 16.5. The highest BCUT2D eigenvalue weighted by Crippen LogP contribution is 2.31. The van der Waals surface area contributed by atoms with Gasteiger partial charge in [-0.05, 0) is 12.8 Å². The van der Waals surface area contributed by atoms with Gasteiger partial charge in [-0.2, -0.15) is 0 Å². The summed E-state index contributed by atoms with van der Waals surface area (Å²) < 4.78 is 11.6. The normalized spacial score (nSPS) is 25.1. The number of morpholine rings is 1. The van der Waals surface area contributed by atoms with Crippen LogP contribution in [0.5, 0.6) is 0 Å². The quantitative estimate of drug-likeness (QED) is 0.607. The van der Waals surface area contributed by atoms with Gasteiger partial charge in [-0.25, -0.2) is 0 Å². The molecule has 20 heavy (non-hydrogen) atoms. The number of rotatable bonds is 5. The van der Waals surface area contributed by atoms with Gasteiger partial charge in [-0.15, -0.1) is 0 Å². The van der Waals surface area contributed by atoms with Gasteiger partial charge in [0, 0.05) is 0 Å². The van der Waals surface area contributed by atoms with Gasteiger partial charge in [-0.1, -0.05) is 19.3 Å². The van der Waals surface area contributed by atoms with Crippen molar-refractivity contribution in [2.75, 3.05) is 46.5 Å². The number of carbonyl (C=O) groups excluding carboxylic acids is 1. The Bertz CT molecular complexity index is 320. The lowest BCUT2D eigenvalue weighted by Gasteiger charge is -2.37. The first-order valence-corrected chi connectivity index (χ1v) is 7.81. The third-order valence-corrected chi connectivity index (χ3v) is 4.70. The van der Waals surface area contributed by atoms with Crippen LogP contribution in [0.1, 0.15) is 38.5 Å². The fourth-order valence-electron chi connectivity index (χ4n) is 3.09. The summed E-state index contributed by atoms with van der Waals surface area (Å²) in [5.74, 6) is -0.255. The fraction of sp³-hybridized carbons (Fsp3) is 0.933. The van der Waals surface area contributed by atoms with E-state index in [0.29, 0.717) is 6.61 Å². The molecule has 0 aromatic rings. The van der Waals surface area contributed by atoms with Crippen molar-refractivity contribution in [2.45, 2.75) is 44.1 Å². The van der Waals surface area contributed by atoms with Crippen molar-refractivity contribution in [2.24, 2.45) is 0 Å². The molecule has 0 aromatic heterocycles. The van der Waals surface area contributed by atoms with E-state index in [0.717, 1.165) is 69.4 Å². The predicted molar refractivity (Wildman–Crippen MR) is 75.2 cm³/mol. The van der Waals surface area contributed by atoms with Gasteiger partial charge >= 0.3 is 5.97 Å². The molecule has 5 heteroatoms. The standard InChI is InChI=1S/C15H28NO4/c1-16(7-10-19-11-8-16)9-12-20-14(17)13-15(18)5-3-2-4-6-15/h18H,2-13H2,1H3/q+1. The molecule has 2 aliphatic rings. The van der Waals surface area contributed by atoms with Gasteiger partial charge in [0.1, 0.15) is 26.2 Å². The van der Waals surface area contributed by atoms with Gasteiger partial charge in [-0.3, -0.25) is 4.79 Å². The molecule has 0 amide bonds. The van der Waals surface area contributed by atoms with Crippen molar-refractivity contribution in [1.82, 2.24) is 0 Å². The molecular weight excluding hydrogens is 258 g/mol. The highest BCUT2D eigenvalue weighted by molar-refractivity contribution is 5.70. The van der Waals surface area contributed by atoms with Gasteiger partial charge in [0.05, 0.1) is 32.3 Å². The maximum Gasteiger partial charge on any atom is 0.308 e. The monoisotopic (exact) mass is 286 g/mol. The molecule has 0 unspecified atom stereocenters. The number of quaternary nitrogens is 1. The second-order valence-corrected chi connectivity index (χ2v) is 6.58. The van der Waals surface area contributed by atoms with E-state index in [1.807, 2.05) is 0 Å². The number of hydrogen-bond acceptors (Lipinski definition) is 4. The number of esters is 1. The van der Waals surface area contributed by atoms with Gasteiger partial charge in [0.25, 0.3) is 0 Å². The number of ether oxygens (including phenoxy) is 2. The second-order valence-electron chi connectivity index (χ2n) is 6.58. The molecule has 2 fully saturated rings. The zero-order valence-electron chi connectivity index (χ0n) is 12.6. The molecule has 5 nitrogen and oxygen atoms in total. The second kappa shape index (κ2) is 6.87. The van der Waals surface area contributed by atoms with E-state index in [-0.39, 0.29) is 12.4 Å². The van der Waals surface area contributed by atoms with Crippen molar-refractivity contribution in [1.29, 1.82) is 0 Å². The summed E-state index contributed by atoms with van der Waals surface area (Å²) >= 11 is 0. The predicted octanol–water partition coefficient (Wildman–Crippen LogP) is 1.09. The van der Waals surface area contributed by atoms with Gasteiger partial charge < -0.3 is 19.1 Å². The molecule has 1 aliphatic carbocycles. The third kappa shape index (κ3) is 4.72. The SMILES string of the molecule is C[N+]1(CCOC(=O)CC2(O)CCCCC2)CCOCC1. The molecule has 1 aliphatic heterocycles. The summed E-state index contributed by atoms with van der Waals surface area (Å²) in [5.41, 5.74) is -0.813.